The molecule has 0 saturated carbocycles. The number of benzene rings is 1. The largest absolute Gasteiger partial charge is 0.268 e. The van der Waals surface area contributed by atoms with Crippen molar-refractivity contribution in [3.63, 3.8) is 0 Å². The van der Waals surface area contributed by atoms with Crippen LogP contribution in [0.5, 0.6) is 0 Å². The summed E-state index contributed by atoms with van der Waals surface area (Å²) in [5.41, 5.74) is 1.59. The number of halogens is 2. The third-order valence-corrected chi connectivity index (χ3v) is 5.56. The molecule has 1 heterocycles. The first kappa shape index (κ1) is 18.7. The molecular weight excluding hydrogens is 364 g/mol. The third kappa shape index (κ3) is 4.73. The maximum atomic E-state index is 13.2. The van der Waals surface area contributed by atoms with Gasteiger partial charge in [0.1, 0.15) is 11.6 Å². The average molecular weight is 383 g/mol. The van der Waals surface area contributed by atoms with E-state index in [-0.39, 0.29) is 24.2 Å². The molecule has 1 N–H and O–H groups in total. The number of hydrogen-bond acceptors (Lipinski definition) is 4. The van der Waals surface area contributed by atoms with Crippen LogP contribution >= 0.6 is 0 Å². The standard InChI is InChI=1S/C17H19F2N3O3S/c18-14-7-12(8-15(19)10-14)11-26(24,25)20-5-6-22-17(23)9-13-3-1-2-4-16(13)21-22/h7-10,20H,1-6,11H2. The second-order valence-corrected chi connectivity index (χ2v) is 8.12. The molecule has 2 aromatic rings. The van der Waals surface area contributed by atoms with Gasteiger partial charge in [0.05, 0.1) is 18.0 Å². The molecule has 0 unspecified atom stereocenters. The molecule has 1 aliphatic carbocycles. The van der Waals surface area contributed by atoms with E-state index < -0.39 is 27.4 Å². The van der Waals surface area contributed by atoms with Gasteiger partial charge < -0.3 is 0 Å². The highest BCUT2D eigenvalue weighted by Gasteiger charge is 2.15. The molecule has 0 radical (unpaired) electrons. The van der Waals surface area contributed by atoms with E-state index in [9.17, 15) is 22.0 Å². The lowest BCUT2D eigenvalue weighted by atomic mass is 9.97. The SMILES string of the molecule is O=c1cc2c(nn1CCNS(=O)(=O)Cc1cc(F)cc(F)c1)CCCC2. The van der Waals surface area contributed by atoms with E-state index in [1.54, 1.807) is 6.07 Å². The third-order valence-electron chi connectivity index (χ3n) is 4.20. The number of aryl methyl sites for hydroxylation is 2. The van der Waals surface area contributed by atoms with Crippen molar-refractivity contribution in [3.8, 4) is 0 Å². The molecule has 26 heavy (non-hydrogen) atoms. The summed E-state index contributed by atoms with van der Waals surface area (Å²) in [6, 6.07) is 4.18. The number of aromatic nitrogens is 2. The molecule has 1 aromatic carbocycles. The Kier molecular flexibility index (Phi) is 5.47. The molecule has 0 atom stereocenters. The molecule has 1 aliphatic rings. The molecule has 0 saturated heterocycles. The Labute approximate surface area is 149 Å². The predicted molar refractivity (Wildman–Crippen MR) is 92.1 cm³/mol. The second-order valence-electron chi connectivity index (χ2n) is 6.32. The first-order chi connectivity index (χ1) is 12.3. The fraction of sp³-hybridized carbons (Fsp3) is 0.412. The topological polar surface area (TPSA) is 81.1 Å². The van der Waals surface area contributed by atoms with Crippen LogP contribution in [0.3, 0.4) is 0 Å². The minimum atomic E-state index is -3.79. The molecule has 3 rings (SSSR count). The van der Waals surface area contributed by atoms with Crippen molar-refractivity contribution in [2.24, 2.45) is 0 Å². The molecule has 0 amide bonds. The van der Waals surface area contributed by atoms with E-state index in [0.29, 0.717) is 6.07 Å². The van der Waals surface area contributed by atoms with Gasteiger partial charge in [-0.1, -0.05) is 0 Å². The molecule has 0 aliphatic heterocycles. The van der Waals surface area contributed by atoms with Gasteiger partial charge >= 0.3 is 0 Å². The number of fused-ring (bicyclic) bond motifs is 1. The molecule has 140 valence electrons. The van der Waals surface area contributed by atoms with E-state index in [1.165, 1.54) is 4.68 Å². The van der Waals surface area contributed by atoms with Gasteiger partial charge in [0.2, 0.25) is 10.0 Å². The zero-order valence-corrected chi connectivity index (χ0v) is 14.9. The van der Waals surface area contributed by atoms with Crippen LogP contribution in [0.1, 0.15) is 29.7 Å². The van der Waals surface area contributed by atoms with Crippen molar-refractivity contribution >= 4 is 10.0 Å². The van der Waals surface area contributed by atoms with Crippen LogP contribution in [0.25, 0.3) is 0 Å². The van der Waals surface area contributed by atoms with Crippen molar-refractivity contribution in [2.75, 3.05) is 6.54 Å². The summed E-state index contributed by atoms with van der Waals surface area (Å²) in [6.45, 7) is 0.0503. The van der Waals surface area contributed by atoms with Crippen LogP contribution < -0.4 is 10.3 Å². The monoisotopic (exact) mass is 383 g/mol. The molecular formula is C17H19F2N3O3S. The summed E-state index contributed by atoms with van der Waals surface area (Å²) in [7, 11) is -3.79. The zero-order chi connectivity index (χ0) is 18.7. The summed E-state index contributed by atoms with van der Waals surface area (Å²) in [4.78, 5) is 12.1. The van der Waals surface area contributed by atoms with E-state index in [0.717, 1.165) is 49.1 Å². The first-order valence-electron chi connectivity index (χ1n) is 8.35. The van der Waals surface area contributed by atoms with Crippen molar-refractivity contribution in [3.05, 3.63) is 63.1 Å². The van der Waals surface area contributed by atoms with Crippen LogP contribution in [0.2, 0.25) is 0 Å². The molecule has 0 spiro atoms. The van der Waals surface area contributed by atoms with E-state index in [2.05, 4.69) is 9.82 Å². The molecule has 0 fully saturated rings. The lowest BCUT2D eigenvalue weighted by Gasteiger charge is -2.16. The van der Waals surface area contributed by atoms with Crippen molar-refractivity contribution < 1.29 is 17.2 Å². The summed E-state index contributed by atoms with van der Waals surface area (Å²) >= 11 is 0. The van der Waals surface area contributed by atoms with Crippen molar-refractivity contribution in [1.82, 2.24) is 14.5 Å². The van der Waals surface area contributed by atoms with Crippen molar-refractivity contribution in [2.45, 2.75) is 38.0 Å². The fourth-order valence-corrected chi connectivity index (χ4v) is 4.14. The van der Waals surface area contributed by atoms with Crippen LogP contribution in [-0.2, 0) is 35.2 Å². The second kappa shape index (κ2) is 7.63. The molecule has 6 nitrogen and oxygen atoms in total. The molecule has 0 bridgehead atoms. The Balaban J connectivity index is 1.63. The van der Waals surface area contributed by atoms with Gasteiger partial charge in [-0.15, -0.1) is 0 Å². The lowest BCUT2D eigenvalue weighted by molar-refractivity contribution is 0.526. The molecule has 9 heteroatoms. The first-order valence-corrected chi connectivity index (χ1v) is 10.00. The Morgan fingerprint density at radius 1 is 1.08 bits per heavy atom. The minimum Gasteiger partial charge on any atom is -0.268 e. The summed E-state index contributed by atoms with van der Waals surface area (Å²) in [5, 5.41) is 4.31. The van der Waals surface area contributed by atoms with Gasteiger partial charge in [-0.25, -0.2) is 26.6 Å². The normalized spacial score (nSPS) is 14.2. The maximum absolute atomic E-state index is 13.2. The Hall–Kier alpha value is -2.13. The lowest BCUT2D eigenvalue weighted by Crippen LogP contribution is -2.33. The summed E-state index contributed by atoms with van der Waals surface area (Å²) in [5.74, 6) is -2.21. The highest BCUT2D eigenvalue weighted by atomic mass is 32.2. The highest BCUT2D eigenvalue weighted by molar-refractivity contribution is 7.88. The number of hydrogen-bond donors (Lipinski definition) is 1. The van der Waals surface area contributed by atoms with E-state index >= 15 is 0 Å². The zero-order valence-electron chi connectivity index (χ0n) is 14.0. The van der Waals surface area contributed by atoms with Crippen LogP contribution in [0, 0.1) is 11.6 Å². The van der Waals surface area contributed by atoms with E-state index in [1.807, 2.05) is 0 Å². The number of nitrogens with one attached hydrogen (secondary N) is 1. The van der Waals surface area contributed by atoms with Gasteiger partial charge in [-0.2, -0.15) is 5.10 Å². The number of nitrogens with zero attached hydrogens (tertiary/aromatic N) is 2. The fourth-order valence-electron chi connectivity index (χ4n) is 3.03. The van der Waals surface area contributed by atoms with Crippen molar-refractivity contribution in [1.29, 1.82) is 0 Å². The molecule has 1 aromatic heterocycles. The minimum absolute atomic E-state index is 0.0130. The number of sulfonamides is 1. The van der Waals surface area contributed by atoms with Crippen LogP contribution in [-0.4, -0.2) is 24.7 Å². The van der Waals surface area contributed by atoms with Gasteiger partial charge in [-0.3, -0.25) is 4.79 Å². The summed E-state index contributed by atoms with van der Waals surface area (Å²) < 4.78 is 54.0. The van der Waals surface area contributed by atoms with Crippen LogP contribution in [0.15, 0.2) is 29.1 Å². The maximum Gasteiger partial charge on any atom is 0.267 e. The predicted octanol–water partition coefficient (Wildman–Crippen LogP) is 1.52. The quantitative estimate of drug-likeness (QED) is 0.820. The van der Waals surface area contributed by atoms with E-state index in [4.69, 9.17) is 0 Å². The van der Waals surface area contributed by atoms with Gasteiger partial charge in [0, 0.05) is 18.7 Å². The van der Waals surface area contributed by atoms with Gasteiger partial charge in [0.25, 0.3) is 5.56 Å². The average Bonchev–Trinajstić information content (AvgIpc) is 2.53. The van der Waals surface area contributed by atoms with Crippen LogP contribution in [0.4, 0.5) is 8.78 Å². The Morgan fingerprint density at radius 3 is 2.50 bits per heavy atom. The summed E-state index contributed by atoms with van der Waals surface area (Å²) in [6.07, 6.45) is 3.72. The smallest absolute Gasteiger partial charge is 0.267 e. The van der Waals surface area contributed by atoms with Gasteiger partial charge in [-0.05, 0) is 48.9 Å². The Morgan fingerprint density at radius 2 is 1.77 bits per heavy atom. The number of rotatable bonds is 6. The van der Waals surface area contributed by atoms with Gasteiger partial charge in [0.15, 0.2) is 0 Å². The Bertz CT molecular complexity index is 953. The highest BCUT2D eigenvalue weighted by Crippen LogP contribution is 2.16.